The van der Waals surface area contributed by atoms with Crippen LogP contribution < -0.4 is 9.47 Å². The van der Waals surface area contributed by atoms with Gasteiger partial charge in [0, 0.05) is 7.11 Å². The average molecular weight is 376 g/mol. The van der Waals surface area contributed by atoms with E-state index in [1.165, 1.54) is 32.4 Å². The van der Waals surface area contributed by atoms with E-state index in [1.807, 2.05) is 0 Å². The minimum Gasteiger partial charge on any atom is -0.493 e. The van der Waals surface area contributed by atoms with Crippen molar-refractivity contribution in [1.29, 1.82) is 5.26 Å². The summed E-state index contributed by atoms with van der Waals surface area (Å²) in [6, 6.07) is 4.27. The second-order valence-corrected chi connectivity index (χ2v) is 5.16. The van der Waals surface area contributed by atoms with Crippen LogP contribution in [0.3, 0.4) is 0 Å². The summed E-state index contributed by atoms with van der Waals surface area (Å²) in [5.41, 5.74) is -0.0278. The molecule has 0 amide bonds. The molecule has 0 fully saturated rings. The van der Waals surface area contributed by atoms with E-state index in [9.17, 15) is 13.6 Å². The Balaban J connectivity index is 3.13. The Labute approximate surface area is 148 Å². The van der Waals surface area contributed by atoms with Crippen LogP contribution in [-0.2, 0) is 14.3 Å². The first kappa shape index (κ1) is 20.7. The zero-order chi connectivity index (χ0) is 19.0. The van der Waals surface area contributed by atoms with Crippen LogP contribution in [0.15, 0.2) is 17.7 Å². The number of carbonyl (C=O) groups is 1. The molecule has 6 nitrogen and oxygen atoms in total. The van der Waals surface area contributed by atoms with Crippen LogP contribution in [0, 0.1) is 11.3 Å². The van der Waals surface area contributed by atoms with E-state index >= 15 is 0 Å². The minimum absolute atomic E-state index is 0.0718. The highest BCUT2D eigenvalue weighted by atomic mass is 35.5. The largest absolute Gasteiger partial charge is 0.493 e. The van der Waals surface area contributed by atoms with Crippen LogP contribution in [0.4, 0.5) is 8.78 Å². The molecule has 0 unspecified atom stereocenters. The van der Waals surface area contributed by atoms with Crippen molar-refractivity contribution < 1.29 is 32.5 Å². The SMILES string of the molecule is COC[C@H](C)OC(=O)/C(C#N)=C/c1cc(Cl)c(OC(F)F)c(OC)c1. The number of alkyl halides is 2. The Hall–Kier alpha value is -2.37. The lowest BCUT2D eigenvalue weighted by Crippen LogP contribution is -2.20. The molecule has 1 rings (SSSR count). The topological polar surface area (TPSA) is 77.8 Å². The second-order valence-electron chi connectivity index (χ2n) is 4.75. The first-order valence-electron chi connectivity index (χ1n) is 6.96. The summed E-state index contributed by atoms with van der Waals surface area (Å²) in [7, 11) is 2.69. The highest BCUT2D eigenvalue weighted by Gasteiger charge is 2.18. The first-order chi connectivity index (χ1) is 11.8. The van der Waals surface area contributed by atoms with Gasteiger partial charge in [-0.15, -0.1) is 0 Å². The number of esters is 1. The molecule has 0 saturated carbocycles. The van der Waals surface area contributed by atoms with Crippen LogP contribution >= 0.6 is 11.6 Å². The molecule has 0 aliphatic heterocycles. The zero-order valence-electron chi connectivity index (χ0n) is 13.7. The van der Waals surface area contributed by atoms with Crippen LogP contribution in [0.5, 0.6) is 11.5 Å². The Morgan fingerprint density at radius 1 is 1.40 bits per heavy atom. The molecule has 0 aromatic heterocycles. The molecule has 9 heteroatoms. The highest BCUT2D eigenvalue weighted by molar-refractivity contribution is 6.32. The lowest BCUT2D eigenvalue weighted by molar-refractivity contribution is -0.145. The number of carbonyl (C=O) groups excluding carboxylic acids is 1. The van der Waals surface area contributed by atoms with Crippen molar-refractivity contribution in [2.24, 2.45) is 0 Å². The van der Waals surface area contributed by atoms with Gasteiger partial charge in [-0.05, 0) is 30.7 Å². The number of hydrogen-bond acceptors (Lipinski definition) is 6. The van der Waals surface area contributed by atoms with E-state index in [-0.39, 0.29) is 34.3 Å². The van der Waals surface area contributed by atoms with Crippen molar-refractivity contribution in [2.75, 3.05) is 20.8 Å². The van der Waals surface area contributed by atoms with E-state index in [0.717, 1.165) is 0 Å². The third kappa shape index (κ3) is 6.21. The molecule has 0 N–H and O–H groups in total. The van der Waals surface area contributed by atoms with Crippen molar-refractivity contribution in [3.05, 3.63) is 28.3 Å². The number of rotatable bonds is 8. The lowest BCUT2D eigenvalue weighted by Gasteiger charge is -2.13. The zero-order valence-corrected chi connectivity index (χ0v) is 14.5. The van der Waals surface area contributed by atoms with Gasteiger partial charge in [0.15, 0.2) is 11.5 Å². The predicted octanol–water partition coefficient (Wildman–Crippen LogP) is 3.44. The molecule has 0 aliphatic rings. The fraction of sp³-hybridized carbons (Fsp3) is 0.375. The van der Waals surface area contributed by atoms with Gasteiger partial charge in [0.1, 0.15) is 17.7 Å². The first-order valence-corrected chi connectivity index (χ1v) is 7.34. The Bertz CT molecular complexity index is 688. The Kier molecular flexibility index (Phi) is 8.11. The molecule has 0 radical (unpaired) electrons. The van der Waals surface area contributed by atoms with Gasteiger partial charge in [0.25, 0.3) is 0 Å². The molecule has 0 heterocycles. The summed E-state index contributed by atoms with van der Waals surface area (Å²) in [4.78, 5) is 12.0. The summed E-state index contributed by atoms with van der Waals surface area (Å²) in [6.07, 6.45) is 0.650. The van der Waals surface area contributed by atoms with E-state index < -0.39 is 18.7 Å². The monoisotopic (exact) mass is 375 g/mol. The third-order valence-corrected chi connectivity index (χ3v) is 3.10. The maximum atomic E-state index is 12.4. The van der Waals surface area contributed by atoms with Gasteiger partial charge in [-0.1, -0.05) is 11.6 Å². The lowest BCUT2D eigenvalue weighted by atomic mass is 10.1. The van der Waals surface area contributed by atoms with Crippen LogP contribution in [-0.4, -0.2) is 39.5 Å². The van der Waals surface area contributed by atoms with Gasteiger partial charge < -0.3 is 18.9 Å². The molecule has 1 atom stereocenters. The van der Waals surface area contributed by atoms with Crippen molar-refractivity contribution in [3.63, 3.8) is 0 Å². The fourth-order valence-electron chi connectivity index (χ4n) is 1.85. The smallest absolute Gasteiger partial charge is 0.387 e. The molecule has 0 saturated heterocycles. The molecular formula is C16H16ClF2NO5. The number of nitrogens with zero attached hydrogens (tertiary/aromatic N) is 1. The molecule has 0 aliphatic carbocycles. The molecule has 136 valence electrons. The Morgan fingerprint density at radius 3 is 2.60 bits per heavy atom. The molecule has 1 aromatic rings. The summed E-state index contributed by atoms with van der Waals surface area (Å²) in [5, 5.41) is 8.97. The van der Waals surface area contributed by atoms with Gasteiger partial charge >= 0.3 is 12.6 Å². The van der Waals surface area contributed by atoms with Gasteiger partial charge in [-0.25, -0.2) is 4.79 Å². The Morgan fingerprint density at radius 2 is 2.08 bits per heavy atom. The third-order valence-electron chi connectivity index (χ3n) is 2.82. The van der Waals surface area contributed by atoms with Crippen molar-refractivity contribution in [1.82, 2.24) is 0 Å². The highest BCUT2D eigenvalue weighted by Crippen LogP contribution is 2.38. The minimum atomic E-state index is -3.08. The summed E-state index contributed by atoms with van der Waals surface area (Å²) < 4.78 is 43.9. The predicted molar refractivity (Wildman–Crippen MR) is 85.7 cm³/mol. The van der Waals surface area contributed by atoms with E-state index in [1.54, 1.807) is 13.0 Å². The molecule has 0 bridgehead atoms. The van der Waals surface area contributed by atoms with Gasteiger partial charge in [0.05, 0.1) is 18.7 Å². The maximum absolute atomic E-state index is 12.4. The molecule has 25 heavy (non-hydrogen) atoms. The van der Waals surface area contributed by atoms with E-state index in [4.69, 9.17) is 31.1 Å². The number of nitriles is 1. The van der Waals surface area contributed by atoms with E-state index in [2.05, 4.69) is 4.74 Å². The number of benzene rings is 1. The second kappa shape index (κ2) is 9.81. The van der Waals surface area contributed by atoms with Gasteiger partial charge in [-0.2, -0.15) is 14.0 Å². The van der Waals surface area contributed by atoms with E-state index in [0.29, 0.717) is 0 Å². The van der Waals surface area contributed by atoms with Crippen LogP contribution in [0.25, 0.3) is 6.08 Å². The number of methoxy groups -OCH3 is 2. The number of ether oxygens (including phenoxy) is 4. The van der Waals surface area contributed by atoms with Crippen molar-refractivity contribution in [3.8, 4) is 17.6 Å². The number of halogens is 3. The summed E-state index contributed by atoms with van der Waals surface area (Å²) >= 11 is 5.91. The quantitative estimate of drug-likeness (QED) is 0.393. The summed E-state index contributed by atoms with van der Waals surface area (Å²) in [5.74, 6) is -1.27. The maximum Gasteiger partial charge on any atom is 0.387 e. The molecule has 1 aromatic carbocycles. The number of hydrogen-bond donors (Lipinski definition) is 0. The molecule has 0 spiro atoms. The van der Waals surface area contributed by atoms with Crippen molar-refractivity contribution >= 4 is 23.6 Å². The van der Waals surface area contributed by atoms with Gasteiger partial charge in [-0.3, -0.25) is 0 Å². The summed E-state index contributed by atoms with van der Waals surface area (Å²) in [6.45, 7) is -1.31. The normalized spacial score (nSPS) is 12.5. The van der Waals surface area contributed by atoms with Crippen LogP contribution in [0.2, 0.25) is 5.02 Å². The fourth-order valence-corrected chi connectivity index (χ4v) is 2.11. The average Bonchev–Trinajstić information content (AvgIpc) is 2.54. The van der Waals surface area contributed by atoms with Crippen molar-refractivity contribution in [2.45, 2.75) is 19.6 Å². The molecular weight excluding hydrogens is 360 g/mol. The van der Waals surface area contributed by atoms with Gasteiger partial charge in [0.2, 0.25) is 0 Å². The standard InChI is InChI=1S/C16H16ClF2NO5/c1-9(8-22-2)24-15(21)11(7-20)4-10-5-12(17)14(25-16(18)19)13(6-10)23-3/h4-6,9,16H,8H2,1-3H3/b11-4+/t9-/m0/s1. The van der Waals surface area contributed by atoms with Crippen LogP contribution in [0.1, 0.15) is 12.5 Å².